The summed E-state index contributed by atoms with van der Waals surface area (Å²) < 4.78 is 0. The molecule has 0 fully saturated rings. The van der Waals surface area contributed by atoms with Crippen molar-refractivity contribution in [2.75, 3.05) is 0 Å². The molecule has 0 saturated heterocycles. The van der Waals surface area contributed by atoms with E-state index in [1.807, 2.05) is 12.1 Å². The van der Waals surface area contributed by atoms with Crippen LogP contribution in [0.25, 0.3) is 23.3 Å². The Bertz CT molecular complexity index is 813. The second-order valence-corrected chi connectivity index (χ2v) is 5.79. The molecule has 2 rings (SSSR count). The zero-order valence-corrected chi connectivity index (χ0v) is 14.3. The van der Waals surface area contributed by atoms with E-state index in [1.54, 1.807) is 6.07 Å². The van der Waals surface area contributed by atoms with E-state index >= 15 is 0 Å². The third-order valence-electron chi connectivity index (χ3n) is 3.97. The molecular formula is C22H22N2. The molecule has 0 bridgehead atoms. The van der Waals surface area contributed by atoms with Crippen molar-refractivity contribution in [1.82, 2.24) is 0 Å². The molecule has 0 radical (unpaired) electrons. The zero-order valence-electron chi connectivity index (χ0n) is 14.3. The molecule has 0 aromatic rings. The van der Waals surface area contributed by atoms with Crippen LogP contribution in [0, 0.1) is 22.7 Å². The van der Waals surface area contributed by atoms with Crippen LogP contribution in [0.2, 0.25) is 0 Å². The summed E-state index contributed by atoms with van der Waals surface area (Å²) in [5.74, 6) is 0. The smallest absolute Gasteiger partial charge is 0.101 e. The van der Waals surface area contributed by atoms with Gasteiger partial charge in [-0.25, -0.2) is 0 Å². The van der Waals surface area contributed by atoms with Crippen LogP contribution in [0.4, 0.5) is 0 Å². The van der Waals surface area contributed by atoms with Gasteiger partial charge in [-0.15, -0.1) is 0 Å². The van der Waals surface area contributed by atoms with E-state index in [0.717, 1.165) is 42.4 Å². The Kier molecular flexibility index (Phi) is 6.35. The van der Waals surface area contributed by atoms with Gasteiger partial charge in [0.25, 0.3) is 0 Å². The molecular weight excluding hydrogens is 292 g/mol. The van der Waals surface area contributed by atoms with Crippen molar-refractivity contribution in [3.05, 3.63) is 58.7 Å². The minimum atomic E-state index is 0.417. The predicted octanol–water partition coefficient (Wildman–Crippen LogP) is 6.16. The van der Waals surface area contributed by atoms with Gasteiger partial charge in [0.15, 0.2) is 0 Å². The van der Waals surface area contributed by atoms with Crippen molar-refractivity contribution in [2.24, 2.45) is 0 Å². The molecule has 0 amide bonds. The molecule has 0 spiro atoms. The fourth-order valence-electron chi connectivity index (χ4n) is 2.68. The summed E-state index contributed by atoms with van der Waals surface area (Å²) in [4.78, 5) is 0. The highest BCUT2D eigenvalue weighted by molar-refractivity contribution is 5.86. The molecule has 120 valence electrons. The topological polar surface area (TPSA) is 47.6 Å². The number of unbranched alkanes of at least 4 members (excludes halogenated alkanes) is 2. The molecule has 24 heavy (non-hydrogen) atoms. The van der Waals surface area contributed by atoms with E-state index < -0.39 is 0 Å². The minimum Gasteiger partial charge on any atom is -0.192 e. The van der Waals surface area contributed by atoms with Crippen molar-refractivity contribution in [3.63, 3.8) is 0 Å². The number of fused-ring (bicyclic) bond motifs is 1. The van der Waals surface area contributed by atoms with E-state index in [1.165, 1.54) is 5.56 Å². The summed E-state index contributed by atoms with van der Waals surface area (Å²) in [6.45, 7) is 4.32. The number of nitrogens with zero attached hydrogens (tertiary/aromatic N) is 2. The average Bonchev–Trinajstić information content (AvgIpc) is 2.81. The van der Waals surface area contributed by atoms with Crippen molar-refractivity contribution in [3.8, 4) is 23.3 Å². The average molecular weight is 314 g/mol. The fraction of sp³-hybridized carbons (Fsp3) is 0.273. The zero-order chi connectivity index (χ0) is 17.4. The van der Waals surface area contributed by atoms with Crippen LogP contribution in [0.1, 0.15) is 61.8 Å². The first-order valence-corrected chi connectivity index (χ1v) is 8.49. The second-order valence-electron chi connectivity index (χ2n) is 5.79. The lowest BCUT2D eigenvalue weighted by Gasteiger charge is -1.98. The maximum Gasteiger partial charge on any atom is 0.101 e. The Hall–Kier alpha value is -2.84. The maximum absolute atomic E-state index is 9.37. The van der Waals surface area contributed by atoms with E-state index in [-0.39, 0.29) is 0 Å². The van der Waals surface area contributed by atoms with Crippen molar-refractivity contribution < 1.29 is 0 Å². The molecule has 0 aromatic carbocycles. The molecule has 0 atom stereocenters. The number of hydrogen-bond donors (Lipinski definition) is 0. The molecule has 0 heterocycles. The molecule has 0 saturated carbocycles. The van der Waals surface area contributed by atoms with Crippen molar-refractivity contribution in [2.45, 2.75) is 39.5 Å². The van der Waals surface area contributed by atoms with Gasteiger partial charge in [0.05, 0.1) is 11.1 Å². The summed E-state index contributed by atoms with van der Waals surface area (Å²) in [6.07, 6.45) is 13.0. The van der Waals surface area contributed by atoms with Crippen LogP contribution in [-0.4, -0.2) is 0 Å². The number of hydrogen-bond acceptors (Lipinski definition) is 2. The Morgan fingerprint density at radius 1 is 0.875 bits per heavy atom. The summed E-state index contributed by atoms with van der Waals surface area (Å²) in [5, 5.41) is 18.6. The summed E-state index contributed by atoms with van der Waals surface area (Å²) >= 11 is 0. The Morgan fingerprint density at radius 3 is 2.17 bits per heavy atom. The molecule has 0 aliphatic heterocycles. The largest absolute Gasteiger partial charge is 0.192 e. The molecule has 2 heteroatoms. The summed E-state index contributed by atoms with van der Waals surface area (Å²) in [6, 6.07) is 11.9. The van der Waals surface area contributed by atoms with Gasteiger partial charge >= 0.3 is 0 Å². The monoisotopic (exact) mass is 314 g/mol. The van der Waals surface area contributed by atoms with Gasteiger partial charge in [-0.1, -0.05) is 57.1 Å². The predicted molar refractivity (Wildman–Crippen MR) is 100 cm³/mol. The standard InChI is InChI=1S/C22H22N2/c1-3-5-7-9-17-13-18-11-12-19(15-23)20(16-24)14-22(18)21(17)10-8-6-4-2/h7-14H,3-6H2,1-2H3/b9-7+,10-8+. The van der Waals surface area contributed by atoms with Gasteiger partial charge in [0, 0.05) is 0 Å². The van der Waals surface area contributed by atoms with Gasteiger partial charge in [-0.2, -0.15) is 10.5 Å². The highest BCUT2D eigenvalue weighted by Gasteiger charge is 2.14. The summed E-state index contributed by atoms with van der Waals surface area (Å²) in [5.41, 5.74) is 5.21. The van der Waals surface area contributed by atoms with Crippen LogP contribution in [0.3, 0.4) is 0 Å². The number of rotatable bonds is 6. The fourth-order valence-corrected chi connectivity index (χ4v) is 2.68. The Morgan fingerprint density at radius 2 is 1.54 bits per heavy atom. The highest BCUT2D eigenvalue weighted by Crippen LogP contribution is 2.34. The normalized spacial score (nSPS) is 11.2. The number of allylic oxidation sites excluding steroid dienone is 2. The van der Waals surface area contributed by atoms with Gasteiger partial charge in [0.2, 0.25) is 0 Å². The minimum absolute atomic E-state index is 0.417. The van der Waals surface area contributed by atoms with Crippen LogP contribution in [0.15, 0.2) is 36.4 Å². The first-order chi connectivity index (χ1) is 11.7. The van der Waals surface area contributed by atoms with Crippen LogP contribution in [0.5, 0.6) is 0 Å². The lowest BCUT2D eigenvalue weighted by Crippen LogP contribution is -1.80. The molecule has 0 unspecified atom stereocenters. The molecule has 0 N–H and O–H groups in total. The molecule has 2 aliphatic rings. The second kappa shape index (κ2) is 8.70. The summed E-state index contributed by atoms with van der Waals surface area (Å²) in [7, 11) is 0. The highest BCUT2D eigenvalue weighted by atomic mass is 14.3. The van der Waals surface area contributed by atoms with E-state index in [2.05, 4.69) is 56.4 Å². The van der Waals surface area contributed by atoms with Gasteiger partial charge < -0.3 is 0 Å². The SMILES string of the molecule is CCC/C=C/c1cc2ccc(C#N)c(C#N)cc-2c1/C=C/CCC. The van der Waals surface area contributed by atoms with Crippen LogP contribution < -0.4 is 0 Å². The Balaban J connectivity index is 2.65. The van der Waals surface area contributed by atoms with Gasteiger partial charge in [-0.3, -0.25) is 0 Å². The van der Waals surface area contributed by atoms with Gasteiger partial charge in [-0.05, 0) is 53.3 Å². The number of nitriles is 2. The van der Waals surface area contributed by atoms with Crippen molar-refractivity contribution in [1.29, 1.82) is 10.5 Å². The lowest BCUT2D eigenvalue weighted by molar-refractivity contribution is 0.962. The van der Waals surface area contributed by atoms with Crippen LogP contribution >= 0.6 is 0 Å². The van der Waals surface area contributed by atoms with E-state index in [9.17, 15) is 10.5 Å². The third-order valence-corrected chi connectivity index (χ3v) is 3.97. The van der Waals surface area contributed by atoms with E-state index in [0.29, 0.717) is 11.1 Å². The maximum atomic E-state index is 9.37. The first-order valence-electron chi connectivity index (χ1n) is 8.49. The van der Waals surface area contributed by atoms with Crippen LogP contribution in [-0.2, 0) is 0 Å². The molecule has 2 nitrogen and oxygen atoms in total. The Labute approximate surface area is 144 Å². The van der Waals surface area contributed by atoms with Crippen molar-refractivity contribution >= 4 is 12.2 Å². The quantitative estimate of drug-likeness (QED) is 0.641. The van der Waals surface area contributed by atoms with Gasteiger partial charge in [0.1, 0.15) is 12.1 Å². The molecule has 0 aromatic heterocycles. The first kappa shape index (κ1) is 17.5. The third kappa shape index (κ3) is 3.92. The van der Waals surface area contributed by atoms with E-state index in [4.69, 9.17) is 0 Å². The molecule has 2 aliphatic carbocycles. The lowest BCUT2D eigenvalue weighted by atomic mass is 10.0.